The van der Waals surface area contributed by atoms with E-state index in [1.807, 2.05) is 0 Å². The highest BCUT2D eigenvalue weighted by molar-refractivity contribution is 6.30. The minimum Gasteiger partial charge on any atom is -0.352 e. The maximum absolute atomic E-state index is 12.9. The molecule has 2 rings (SSSR count). The second-order valence-electron chi connectivity index (χ2n) is 3.97. The van der Waals surface area contributed by atoms with Crippen LogP contribution in [0.25, 0.3) is 0 Å². The molecule has 0 heterocycles. The molecule has 1 saturated carbocycles. The highest BCUT2D eigenvalue weighted by atomic mass is 35.5. The molecule has 1 amide bonds. The fraction of sp³-hybridized carbons (Fsp3) is 0.364. The van der Waals surface area contributed by atoms with Gasteiger partial charge in [0.2, 0.25) is 5.91 Å². The summed E-state index contributed by atoms with van der Waals surface area (Å²) in [5.41, 5.74) is 6.32. The smallest absolute Gasteiger partial charge is 0.225 e. The second-order valence-corrected chi connectivity index (χ2v) is 4.38. The Balaban J connectivity index is 1.89. The summed E-state index contributed by atoms with van der Waals surface area (Å²) in [5.74, 6) is -0.565. The molecular formula is C11H12ClFN2O. The third-order valence-electron chi connectivity index (χ3n) is 2.63. The van der Waals surface area contributed by atoms with Gasteiger partial charge < -0.3 is 11.1 Å². The first-order chi connectivity index (χ1) is 7.58. The van der Waals surface area contributed by atoms with Gasteiger partial charge in [0.15, 0.2) is 0 Å². The SMILES string of the molecule is NC1CC1C(=O)NCc1ccc(F)c(Cl)c1. The summed E-state index contributed by atoms with van der Waals surface area (Å²) in [6.45, 7) is 0.349. The van der Waals surface area contributed by atoms with E-state index in [1.54, 1.807) is 6.07 Å². The molecule has 2 unspecified atom stereocenters. The van der Waals surface area contributed by atoms with Crippen molar-refractivity contribution < 1.29 is 9.18 Å². The van der Waals surface area contributed by atoms with Crippen molar-refractivity contribution in [3.05, 3.63) is 34.6 Å². The number of halogens is 2. The summed E-state index contributed by atoms with van der Waals surface area (Å²) in [5, 5.41) is 2.80. The van der Waals surface area contributed by atoms with Crippen LogP contribution in [-0.2, 0) is 11.3 Å². The normalized spacial score (nSPS) is 22.9. The van der Waals surface area contributed by atoms with Crippen LogP contribution in [0, 0.1) is 11.7 Å². The molecule has 5 heteroatoms. The maximum Gasteiger partial charge on any atom is 0.225 e. The minimum atomic E-state index is -0.457. The maximum atomic E-state index is 12.9. The first-order valence-corrected chi connectivity index (χ1v) is 5.43. The van der Waals surface area contributed by atoms with Gasteiger partial charge in [-0.25, -0.2) is 4.39 Å². The van der Waals surface area contributed by atoms with Gasteiger partial charge in [0.05, 0.1) is 10.9 Å². The third-order valence-corrected chi connectivity index (χ3v) is 2.92. The van der Waals surface area contributed by atoms with Gasteiger partial charge in [-0.1, -0.05) is 17.7 Å². The Morgan fingerprint density at radius 2 is 2.31 bits per heavy atom. The molecule has 1 fully saturated rings. The molecule has 3 N–H and O–H groups in total. The zero-order valence-electron chi connectivity index (χ0n) is 8.54. The van der Waals surface area contributed by atoms with E-state index in [2.05, 4.69) is 5.32 Å². The van der Waals surface area contributed by atoms with E-state index in [-0.39, 0.29) is 22.9 Å². The van der Waals surface area contributed by atoms with Gasteiger partial charge in [0, 0.05) is 12.6 Å². The Labute approximate surface area is 97.8 Å². The Bertz CT molecular complexity index is 424. The van der Waals surface area contributed by atoms with Crippen molar-refractivity contribution in [2.75, 3.05) is 0 Å². The van der Waals surface area contributed by atoms with Crippen LogP contribution in [0.1, 0.15) is 12.0 Å². The quantitative estimate of drug-likeness (QED) is 0.843. The van der Waals surface area contributed by atoms with E-state index in [4.69, 9.17) is 17.3 Å². The molecule has 0 radical (unpaired) electrons. The fourth-order valence-corrected chi connectivity index (χ4v) is 1.69. The lowest BCUT2D eigenvalue weighted by Crippen LogP contribution is -2.26. The van der Waals surface area contributed by atoms with E-state index < -0.39 is 5.82 Å². The molecule has 3 nitrogen and oxygen atoms in total. The highest BCUT2D eigenvalue weighted by Gasteiger charge is 2.39. The summed E-state index contributed by atoms with van der Waals surface area (Å²) >= 11 is 5.62. The third kappa shape index (κ3) is 2.51. The van der Waals surface area contributed by atoms with Crippen LogP contribution >= 0.6 is 11.6 Å². The highest BCUT2D eigenvalue weighted by Crippen LogP contribution is 2.27. The average Bonchev–Trinajstić information content (AvgIpc) is 2.97. The predicted octanol–water partition coefficient (Wildman–Crippen LogP) is 1.44. The Morgan fingerprint density at radius 3 is 2.88 bits per heavy atom. The van der Waals surface area contributed by atoms with Crippen molar-refractivity contribution in [1.82, 2.24) is 5.32 Å². The van der Waals surface area contributed by atoms with Gasteiger partial charge in [-0.3, -0.25) is 4.79 Å². The number of carbonyl (C=O) groups excluding carboxylic acids is 1. The van der Waals surface area contributed by atoms with Gasteiger partial charge >= 0.3 is 0 Å². The molecule has 1 aromatic carbocycles. The van der Waals surface area contributed by atoms with Crippen LogP contribution in [0.5, 0.6) is 0 Å². The molecule has 1 aromatic rings. The summed E-state index contributed by atoms with van der Waals surface area (Å²) in [6.07, 6.45) is 0.746. The molecule has 2 atom stereocenters. The summed E-state index contributed by atoms with van der Waals surface area (Å²) in [7, 11) is 0. The molecule has 0 aromatic heterocycles. The number of hydrogen-bond donors (Lipinski definition) is 2. The molecule has 0 saturated heterocycles. The van der Waals surface area contributed by atoms with Crippen LogP contribution in [0.3, 0.4) is 0 Å². The summed E-state index contributed by atoms with van der Waals surface area (Å²) in [4.78, 5) is 11.4. The topological polar surface area (TPSA) is 55.1 Å². The van der Waals surface area contributed by atoms with Gasteiger partial charge in [-0.05, 0) is 24.1 Å². The van der Waals surface area contributed by atoms with Gasteiger partial charge in [-0.2, -0.15) is 0 Å². The largest absolute Gasteiger partial charge is 0.352 e. The average molecular weight is 243 g/mol. The first kappa shape index (κ1) is 11.4. The Morgan fingerprint density at radius 1 is 1.62 bits per heavy atom. The molecule has 86 valence electrons. The monoisotopic (exact) mass is 242 g/mol. The fourth-order valence-electron chi connectivity index (χ4n) is 1.49. The Kier molecular flexibility index (Phi) is 3.12. The van der Waals surface area contributed by atoms with Crippen LogP contribution < -0.4 is 11.1 Å². The number of carbonyl (C=O) groups is 1. The molecule has 0 bridgehead atoms. The zero-order chi connectivity index (χ0) is 11.7. The van der Waals surface area contributed by atoms with E-state index in [9.17, 15) is 9.18 Å². The molecule has 1 aliphatic carbocycles. The number of amides is 1. The van der Waals surface area contributed by atoms with Crippen molar-refractivity contribution >= 4 is 17.5 Å². The number of rotatable bonds is 3. The van der Waals surface area contributed by atoms with Crippen molar-refractivity contribution in [3.63, 3.8) is 0 Å². The summed E-state index contributed by atoms with van der Waals surface area (Å²) in [6, 6.07) is 4.38. The second kappa shape index (κ2) is 4.39. The molecule has 16 heavy (non-hydrogen) atoms. The standard InChI is InChI=1S/C11H12ClFN2O/c12-8-3-6(1-2-9(8)13)5-15-11(16)7-4-10(7)14/h1-3,7,10H,4-5,14H2,(H,15,16). The van der Waals surface area contributed by atoms with E-state index in [1.165, 1.54) is 12.1 Å². The van der Waals surface area contributed by atoms with Crippen molar-refractivity contribution in [2.24, 2.45) is 11.7 Å². The molecule has 1 aliphatic rings. The summed E-state index contributed by atoms with van der Waals surface area (Å²) < 4.78 is 12.9. The number of benzene rings is 1. The van der Waals surface area contributed by atoms with E-state index in [0.29, 0.717) is 6.54 Å². The van der Waals surface area contributed by atoms with Crippen molar-refractivity contribution in [2.45, 2.75) is 19.0 Å². The van der Waals surface area contributed by atoms with Crippen molar-refractivity contribution in [1.29, 1.82) is 0 Å². The van der Waals surface area contributed by atoms with E-state index in [0.717, 1.165) is 12.0 Å². The van der Waals surface area contributed by atoms with Gasteiger partial charge in [-0.15, -0.1) is 0 Å². The minimum absolute atomic E-state index is 0.00296. The lowest BCUT2D eigenvalue weighted by Gasteiger charge is -2.05. The first-order valence-electron chi connectivity index (χ1n) is 5.05. The van der Waals surface area contributed by atoms with Crippen molar-refractivity contribution in [3.8, 4) is 0 Å². The molecule has 0 spiro atoms. The van der Waals surface area contributed by atoms with Gasteiger partial charge in [0.25, 0.3) is 0 Å². The van der Waals surface area contributed by atoms with Crippen LogP contribution in [0.2, 0.25) is 5.02 Å². The number of nitrogens with one attached hydrogen (secondary N) is 1. The zero-order valence-corrected chi connectivity index (χ0v) is 9.30. The Hall–Kier alpha value is -1.13. The number of hydrogen-bond acceptors (Lipinski definition) is 2. The van der Waals surface area contributed by atoms with E-state index >= 15 is 0 Å². The predicted molar refractivity (Wildman–Crippen MR) is 59.3 cm³/mol. The lowest BCUT2D eigenvalue weighted by molar-refractivity contribution is -0.122. The number of nitrogens with two attached hydrogens (primary N) is 1. The molecular weight excluding hydrogens is 231 g/mol. The lowest BCUT2D eigenvalue weighted by atomic mass is 10.2. The van der Waals surface area contributed by atoms with Crippen LogP contribution in [0.15, 0.2) is 18.2 Å². The van der Waals surface area contributed by atoms with Crippen LogP contribution in [-0.4, -0.2) is 11.9 Å². The van der Waals surface area contributed by atoms with Gasteiger partial charge in [0.1, 0.15) is 5.82 Å². The molecule has 0 aliphatic heterocycles. The van der Waals surface area contributed by atoms with Crippen LogP contribution in [0.4, 0.5) is 4.39 Å².